The SMILES string of the molecule is CC(C)Cc1c(N)nc(N)nc1N1CCN(C)CC1. The number of piperazine rings is 1. The number of anilines is 3. The van der Waals surface area contributed by atoms with E-state index in [-0.39, 0.29) is 5.95 Å². The van der Waals surface area contributed by atoms with E-state index in [2.05, 4.69) is 40.7 Å². The predicted octanol–water partition coefficient (Wildman–Crippen LogP) is 0.591. The summed E-state index contributed by atoms with van der Waals surface area (Å²) in [6, 6.07) is 0. The number of nitrogens with zero attached hydrogens (tertiary/aromatic N) is 4. The summed E-state index contributed by atoms with van der Waals surface area (Å²) in [5.74, 6) is 2.22. The molecule has 19 heavy (non-hydrogen) atoms. The molecular weight excluding hydrogens is 240 g/mol. The second kappa shape index (κ2) is 5.61. The Morgan fingerprint density at radius 2 is 1.74 bits per heavy atom. The minimum Gasteiger partial charge on any atom is -0.383 e. The summed E-state index contributed by atoms with van der Waals surface area (Å²) in [5, 5.41) is 0. The largest absolute Gasteiger partial charge is 0.383 e. The Hall–Kier alpha value is -1.56. The molecule has 6 nitrogen and oxygen atoms in total. The fourth-order valence-corrected chi connectivity index (χ4v) is 2.39. The lowest BCUT2D eigenvalue weighted by Gasteiger charge is -2.34. The van der Waals surface area contributed by atoms with Crippen molar-refractivity contribution in [3.8, 4) is 0 Å². The molecule has 0 unspecified atom stereocenters. The molecule has 0 amide bonds. The van der Waals surface area contributed by atoms with Crippen molar-refractivity contribution in [3.63, 3.8) is 0 Å². The normalized spacial score (nSPS) is 17.2. The molecule has 0 spiro atoms. The lowest BCUT2D eigenvalue weighted by atomic mass is 10.0. The molecule has 0 saturated carbocycles. The molecule has 0 aliphatic carbocycles. The van der Waals surface area contributed by atoms with Gasteiger partial charge in [-0.25, -0.2) is 0 Å². The van der Waals surface area contributed by atoms with Crippen molar-refractivity contribution in [1.82, 2.24) is 14.9 Å². The van der Waals surface area contributed by atoms with E-state index >= 15 is 0 Å². The van der Waals surface area contributed by atoms with Crippen LogP contribution >= 0.6 is 0 Å². The average molecular weight is 264 g/mol. The Labute approximate surface area is 114 Å². The van der Waals surface area contributed by atoms with Crippen molar-refractivity contribution >= 4 is 17.6 Å². The lowest BCUT2D eigenvalue weighted by molar-refractivity contribution is 0.311. The second-order valence-electron chi connectivity index (χ2n) is 5.66. The first-order valence-electron chi connectivity index (χ1n) is 6.82. The molecule has 0 bridgehead atoms. The van der Waals surface area contributed by atoms with E-state index in [1.54, 1.807) is 0 Å². The molecular formula is C13H24N6. The van der Waals surface area contributed by atoms with E-state index in [1.807, 2.05) is 0 Å². The van der Waals surface area contributed by atoms with Crippen molar-refractivity contribution in [3.05, 3.63) is 5.56 Å². The molecule has 0 aromatic carbocycles. The van der Waals surface area contributed by atoms with E-state index in [0.717, 1.165) is 44.0 Å². The third-order valence-electron chi connectivity index (χ3n) is 3.45. The van der Waals surface area contributed by atoms with Crippen LogP contribution in [0.3, 0.4) is 0 Å². The zero-order valence-corrected chi connectivity index (χ0v) is 12.1. The molecule has 2 rings (SSSR count). The summed E-state index contributed by atoms with van der Waals surface area (Å²) in [6.07, 6.45) is 0.883. The van der Waals surface area contributed by atoms with Crippen LogP contribution in [-0.4, -0.2) is 48.1 Å². The molecule has 1 saturated heterocycles. The molecule has 1 fully saturated rings. The smallest absolute Gasteiger partial charge is 0.223 e. The second-order valence-corrected chi connectivity index (χ2v) is 5.66. The maximum Gasteiger partial charge on any atom is 0.223 e. The number of aromatic nitrogens is 2. The predicted molar refractivity (Wildman–Crippen MR) is 79.1 cm³/mol. The first-order chi connectivity index (χ1) is 8.97. The molecule has 6 heteroatoms. The van der Waals surface area contributed by atoms with Gasteiger partial charge in [-0.3, -0.25) is 0 Å². The van der Waals surface area contributed by atoms with E-state index in [0.29, 0.717) is 11.7 Å². The highest BCUT2D eigenvalue weighted by molar-refractivity contribution is 5.60. The first kappa shape index (κ1) is 13.9. The van der Waals surface area contributed by atoms with Gasteiger partial charge < -0.3 is 21.3 Å². The van der Waals surface area contributed by atoms with Crippen LogP contribution < -0.4 is 16.4 Å². The van der Waals surface area contributed by atoms with Gasteiger partial charge in [0, 0.05) is 31.7 Å². The van der Waals surface area contributed by atoms with Crippen LogP contribution in [0.5, 0.6) is 0 Å². The fraction of sp³-hybridized carbons (Fsp3) is 0.692. The zero-order chi connectivity index (χ0) is 14.0. The molecule has 1 aromatic heterocycles. The minimum absolute atomic E-state index is 0.263. The minimum atomic E-state index is 0.263. The highest BCUT2D eigenvalue weighted by Crippen LogP contribution is 2.27. The van der Waals surface area contributed by atoms with Crippen LogP contribution in [0.1, 0.15) is 19.4 Å². The van der Waals surface area contributed by atoms with Crippen LogP contribution in [0.25, 0.3) is 0 Å². The van der Waals surface area contributed by atoms with Gasteiger partial charge in [0.2, 0.25) is 5.95 Å². The van der Waals surface area contributed by atoms with Crippen LogP contribution in [0.2, 0.25) is 0 Å². The third-order valence-corrected chi connectivity index (χ3v) is 3.45. The van der Waals surface area contributed by atoms with Crippen molar-refractivity contribution in [1.29, 1.82) is 0 Å². The number of hydrogen-bond acceptors (Lipinski definition) is 6. The lowest BCUT2D eigenvalue weighted by Crippen LogP contribution is -2.45. The van der Waals surface area contributed by atoms with Crippen molar-refractivity contribution in [2.45, 2.75) is 20.3 Å². The molecule has 0 atom stereocenters. The number of likely N-dealkylation sites (N-methyl/N-ethyl adjacent to an activating group) is 1. The molecule has 106 valence electrons. The Morgan fingerprint density at radius 3 is 2.32 bits per heavy atom. The van der Waals surface area contributed by atoms with E-state index in [1.165, 1.54) is 0 Å². The summed E-state index contributed by atoms with van der Waals surface area (Å²) in [6.45, 7) is 8.32. The van der Waals surface area contributed by atoms with Gasteiger partial charge in [-0.2, -0.15) is 9.97 Å². The zero-order valence-electron chi connectivity index (χ0n) is 12.1. The summed E-state index contributed by atoms with van der Waals surface area (Å²) in [5.41, 5.74) is 12.8. The molecule has 4 N–H and O–H groups in total. The van der Waals surface area contributed by atoms with Gasteiger partial charge in [-0.15, -0.1) is 0 Å². The summed E-state index contributed by atoms with van der Waals surface area (Å²) in [4.78, 5) is 13.1. The average Bonchev–Trinajstić information content (AvgIpc) is 2.33. The molecule has 1 aliphatic heterocycles. The molecule has 0 radical (unpaired) electrons. The number of nitrogens with two attached hydrogens (primary N) is 2. The maximum atomic E-state index is 6.04. The van der Waals surface area contributed by atoms with E-state index < -0.39 is 0 Å². The van der Waals surface area contributed by atoms with Crippen molar-refractivity contribution in [2.75, 3.05) is 49.6 Å². The maximum absolute atomic E-state index is 6.04. The fourth-order valence-electron chi connectivity index (χ4n) is 2.39. The van der Waals surface area contributed by atoms with Crippen LogP contribution in [0.4, 0.5) is 17.6 Å². The van der Waals surface area contributed by atoms with Crippen molar-refractivity contribution < 1.29 is 0 Å². The van der Waals surface area contributed by atoms with Crippen LogP contribution in [0, 0.1) is 5.92 Å². The quantitative estimate of drug-likeness (QED) is 0.831. The van der Waals surface area contributed by atoms with Gasteiger partial charge in [0.25, 0.3) is 0 Å². The monoisotopic (exact) mass is 264 g/mol. The Bertz CT molecular complexity index is 437. The Kier molecular flexibility index (Phi) is 4.09. The number of nitrogen functional groups attached to an aromatic ring is 2. The van der Waals surface area contributed by atoms with Gasteiger partial charge in [-0.05, 0) is 19.4 Å². The third kappa shape index (κ3) is 3.26. The summed E-state index contributed by atoms with van der Waals surface area (Å²) >= 11 is 0. The van der Waals surface area contributed by atoms with Gasteiger partial charge in [0.05, 0.1) is 0 Å². The molecule has 2 heterocycles. The molecule has 1 aromatic rings. The topological polar surface area (TPSA) is 84.3 Å². The highest BCUT2D eigenvalue weighted by atomic mass is 15.3. The summed E-state index contributed by atoms with van der Waals surface area (Å²) < 4.78 is 0. The highest BCUT2D eigenvalue weighted by Gasteiger charge is 2.21. The van der Waals surface area contributed by atoms with Crippen LogP contribution in [-0.2, 0) is 6.42 Å². The molecule has 1 aliphatic rings. The van der Waals surface area contributed by atoms with Crippen molar-refractivity contribution in [2.24, 2.45) is 5.92 Å². The number of hydrogen-bond donors (Lipinski definition) is 2. The van der Waals surface area contributed by atoms with Crippen LogP contribution in [0.15, 0.2) is 0 Å². The Balaban J connectivity index is 2.31. The Morgan fingerprint density at radius 1 is 1.11 bits per heavy atom. The van der Waals surface area contributed by atoms with Gasteiger partial charge in [-0.1, -0.05) is 13.8 Å². The van der Waals surface area contributed by atoms with E-state index in [4.69, 9.17) is 11.5 Å². The van der Waals surface area contributed by atoms with Gasteiger partial charge in [0.15, 0.2) is 0 Å². The summed E-state index contributed by atoms with van der Waals surface area (Å²) in [7, 11) is 2.13. The van der Waals surface area contributed by atoms with E-state index in [9.17, 15) is 0 Å². The number of rotatable bonds is 3. The first-order valence-corrected chi connectivity index (χ1v) is 6.82. The van der Waals surface area contributed by atoms with Gasteiger partial charge in [0.1, 0.15) is 11.6 Å². The standard InChI is InChI=1S/C13H24N6/c1-9(2)8-10-11(14)16-13(15)17-12(10)19-6-4-18(3)5-7-19/h9H,4-8H2,1-3H3,(H4,14,15,16,17). The van der Waals surface area contributed by atoms with Gasteiger partial charge >= 0.3 is 0 Å².